The summed E-state index contributed by atoms with van der Waals surface area (Å²) < 4.78 is 0. The molecular weight excluding hydrogens is 455 g/mol. The van der Waals surface area contributed by atoms with Crippen LogP contribution in [-0.4, -0.2) is 42.6 Å². The quantitative estimate of drug-likeness (QED) is 0.214. The summed E-state index contributed by atoms with van der Waals surface area (Å²) in [5, 5.41) is 18.9. The Morgan fingerprint density at radius 1 is 1.19 bits per heavy atom. The van der Waals surface area contributed by atoms with Gasteiger partial charge in [0.25, 0.3) is 5.91 Å². The van der Waals surface area contributed by atoms with Crippen molar-refractivity contribution in [3.8, 4) is 5.75 Å². The molecule has 1 saturated carbocycles. The van der Waals surface area contributed by atoms with Crippen LogP contribution in [0.1, 0.15) is 56.8 Å². The maximum atomic E-state index is 12.0. The number of carbonyl (C=O) groups is 1. The van der Waals surface area contributed by atoms with Crippen molar-refractivity contribution in [2.45, 2.75) is 52.5 Å². The predicted molar refractivity (Wildman–Crippen MR) is 121 cm³/mol. The van der Waals surface area contributed by atoms with Crippen LogP contribution in [0.4, 0.5) is 0 Å². The molecule has 0 heterocycles. The minimum atomic E-state index is -0.160. The van der Waals surface area contributed by atoms with E-state index in [1.807, 2.05) is 6.92 Å². The molecule has 6 nitrogen and oxygen atoms in total. The lowest BCUT2D eigenvalue weighted by Crippen LogP contribution is -2.46. The summed E-state index contributed by atoms with van der Waals surface area (Å²) in [6, 6.07) is 6.68. The molecule has 0 spiro atoms. The first kappa shape index (κ1) is 23.5. The van der Waals surface area contributed by atoms with Gasteiger partial charge in [0.15, 0.2) is 5.96 Å². The summed E-state index contributed by atoms with van der Waals surface area (Å²) in [5.41, 5.74) is 0.980. The van der Waals surface area contributed by atoms with Gasteiger partial charge in [0, 0.05) is 24.7 Å². The van der Waals surface area contributed by atoms with Gasteiger partial charge < -0.3 is 21.1 Å². The standard InChI is InChI=1S/C20H32N4O2.HI/c1-4-21-19(24-16-9-11-20(2,3)12-10-16)23-14-13-22-18(26)15-5-7-17(25)8-6-15;/h5-8,16,25H,4,9-14H2,1-3H3,(H,22,26)(H2,21,23,24);1H. The second-order valence-corrected chi connectivity index (χ2v) is 7.65. The van der Waals surface area contributed by atoms with Crippen molar-refractivity contribution in [1.29, 1.82) is 0 Å². The van der Waals surface area contributed by atoms with Crippen LogP contribution >= 0.6 is 24.0 Å². The molecule has 1 aromatic carbocycles. The Labute approximate surface area is 179 Å². The van der Waals surface area contributed by atoms with Crippen molar-refractivity contribution < 1.29 is 9.90 Å². The number of nitrogens with one attached hydrogen (secondary N) is 3. The minimum absolute atomic E-state index is 0. The largest absolute Gasteiger partial charge is 0.508 e. The Morgan fingerprint density at radius 2 is 1.81 bits per heavy atom. The van der Waals surface area contributed by atoms with Crippen LogP contribution in [-0.2, 0) is 0 Å². The molecule has 1 aliphatic rings. The maximum Gasteiger partial charge on any atom is 0.251 e. The monoisotopic (exact) mass is 488 g/mol. The van der Waals surface area contributed by atoms with E-state index >= 15 is 0 Å². The molecule has 27 heavy (non-hydrogen) atoms. The number of aromatic hydroxyl groups is 1. The van der Waals surface area contributed by atoms with Crippen LogP contribution in [0.15, 0.2) is 29.3 Å². The van der Waals surface area contributed by atoms with E-state index in [0.717, 1.165) is 25.3 Å². The molecule has 0 saturated heterocycles. The van der Waals surface area contributed by atoms with Gasteiger partial charge in [-0.15, -0.1) is 24.0 Å². The van der Waals surface area contributed by atoms with Crippen molar-refractivity contribution in [2.24, 2.45) is 10.4 Å². The van der Waals surface area contributed by atoms with Crippen molar-refractivity contribution in [2.75, 3.05) is 19.6 Å². The van der Waals surface area contributed by atoms with E-state index in [0.29, 0.717) is 30.1 Å². The Morgan fingerprint density at radius 3 is 2.41 bits per heavy atom. The molecule has 7 heteroatoms. The molecule has 0 atom stereocenters. The highest BCUT2D eigenvalue weighted by Gasteiger charge is 2.27. The molecule has 0 aliphatic heterocycles. The highest BCUT2D eigenvalue weighted by atomic mass is 127. The number of rotatable bonds is 6. The fourth-order valence-electron chi connectivity index (χ4n) is 3.11. The Kier molecular flexibility index (Phi) is 9.90. The zero-order valence-electron chi connectivity index (χ0n) is 16.5. The zero-order chi connectivity index (χ0) is 19.0. The van der Waals surface area contributed by atoms with E-state index in [1.165, 1.54) is 25.0 Å². The Hall–Kier alpha value is -1.51. The summed E-state index contributed by atoms with van der Waals surface area (Å²) in [6.45, 7) is 8.50. The summed E-state index contributed by atoms with van der Waals surface area (Å²) in [5.74, 6) is 0.808. The maximum absolute atomic E-state index is 12.0. The van der Waals surface area contributed by atoms with Crippen LogP contribution in [0.2, 0.25) is 0 Å². The average molecular weight is 488 g/mol. The molecule has 2 rings (SSSR count). The Bertz CT molecular complexity index is 607. The van der Waals surface area contributed by atoms with Crippen LogP contribution in [0.25, 0.3) is 0 Å². The number of hydrogen-bond acceptors (Lipinski definition) is 3. The fraction of sp³-hybridized carbons (Fsp3) is 0.600. The van der Waals surface area contributed by atoms with Crippen molar-refractivity contribution in [1.82, 2.24) is 16.0 Å². The molecule has 4 N–H and O–H groups in total. The van der Waals surface area contributed by atoms with Gasteiger partial charge in [0.1, 0.15) is 5.75 Å². The lowest BCUT2D eigenvalue weighted by Gasteiger charge is -2.35. The van der Waals surface area contributed by atoms with Crippen LogP contribution in [0.3, 0.4) is 0 Å². The first-order chi connectivity index (χ1) is 12.4. The van der Waals surface area contributed by atoms with Crippen LogP contribution in [0.5, 0.6) is 5.75 Å². The smallest absolute Gasteiger partial charge is 0.251 e. The van der Waals surface area contributed by atoms with Gasteiger partial charge in [-0.05, 0) is 62.3 Å². The first-order valence-electron chi connectivity index (χ1n) is 9.52. The third kappa shape index (κ3) is 8.36. The van der Waals surface area contributed by atoms with E-state index in [9.17, 15) is 9.90 Å². The number of hydrogen-bond donors (Lipinski definition) is 4. The van der Waals surface area contributed by atoms with Crippen molar-refractivity contribution in [3.63, 3.8) is 0 Å². The molecule has 0 radical (unpaired) electrons. The van der Waals surface area contributed by atoms with Gasteiger partial charge in [-0.3, -0.25) is 9.79 Å². The molecule has 0 unspecified atom stereocenters. The topological polar surface area (TPSA) is 85.8 Å². The Balaban J connectivity index is 0.00000364. The third-order valence-corrected chi connectivity index (χ3v) is 4.82. The second-order valence-electron chi connectivity index (χ2n) is 7.65. The average Bonchev–Trinajstić information content (AvgIpc) is 2.61. The van der Waals surface area contributed by atoms with E-state index in [4.69, 9.17) is 0 Å². The highest BCUT2D eigenvalue weighted by Crippen LogP contribution is 2.34. The van der Waals surface area contributed by atoms with Gasteiger partial charge in [-0.2, -0.15) is 0 Å². The number of amides is 1. The fourth-order valence-corrected chi connectivity index (χ4v) is 3.11. The normalized spacial score (nSPS) is 16.9. The minimum Gasteiger partial charge on any atom is -0.508 e. The second kappa shape index (κ2) is 11.4. The van der Waals surface area contributed by atoms with Gasteiger partial charge in [0.05, 0.1) is 6.54 Å². The molecule has 0 aromatic heterocycles. The first-order valence-corrected chi connectivity index (χ1v) is 9.52. The zero-order valence-corrected chi connectivity index (χ0v) is 18.9. The van der Waals surface area contributed by atoms with Gasteiger partial charge in [-0.1, -0.05) is 13.8 Å². The lowest BCUT2D eigenvalue weighted by molar-refractivity contribution is 0.0955. The molecule has 1 aliphatic carbocycles. The number of guanidine groups is 1. The highest BCUT2D eigenvalue weighted by molar-refractivity contribution is 14.0. The number of carbonyl (C=O) groups excluding carboxylic acids is 1. The van der Waals surface area contributed by atoms with Crippen molar-refractivity contribution in [3.05, 3.63) is 29.8 Å². The molecule has 0 bridgehead atoms. The number of nitrogens with zero attached hydrogens (tertiary/aromatic N) is 1. The van der Waals surface area contributed by atoms with E-state index in [2.05, 4.69) is 34.8 Å². The molecule has 1 amide bonds. The molecule has 1 aromatic rings. The predicted octanol–water partition coefficient (Wildman–Crippen LogP) is 3.26. The van der Waals surface area contributed by atoms with E-state index in [1.54, 1.807) is 12.1 Å². The lowest BCUT2D eigenvalue weighted by atomic mass is 9.75. The number of aliphatic imine (C=N–C) groups is 1. The summed E-state index contributed by atoms with van der Waals surface area (Å²) in [7, 11) is 0. The van der Waals surface area contributed by atoms with Gasteiger partial charge in [-0.25, -0.2) is 0 Å². The number of phenolic OH excluding ortho intramolecular Hbond substituents is 1. The number of phenols is 1. The van der Waals surface area contributed by atoms with Gasteiger partial charge in [0.2, 0.25) is 0 Å². The van der Waals surface area contributed by atoms with E-state index < -0.39 is 0 Å². The third-order valence-electron chi connectivity index (χ3n) is 4.82. The molecule has 1 fully saturated rings. The van der Waals surface area contributed by atoms with Crippen LogP contribution in [0, 0.1) is 5.41 Å². The molecular formula is C20H33IN4O2. The summed E-state index contributed by atoms with van der Waals surface area (Å²) in [4.78, 5) is 16.6. The van der Waals surface area contributed by atoms with Gasteiger partial charge >= 0.3 is 0 Å². The van der Waals surface area contributed by atoms with Crippen LogP contribution < -0.4 is 16.0 Å². The SMILES string of the molecule is CCNC(=NCCNC(=O)c1ccc(O)cc1)NC1CCC(C)(C)CC1.I. The number of halogens is 1. The molecule has 152 valence electrons. The van der Waals surface area contributed by atoms with E-state index in [-0.39, 0.29) is 35.6 Å². The van der Waals surface area contributed by atoms with Crippen molar-refractivity contribution >= 4 is 35.8 Å². The summed E-state index contributed by atoms with van der Waals surface area (Å²) in [6.07, 6.45) is 4.78. The number of benzene rings is 1. The summed E-state index contributed by atoms with van der Waals surface area (Å²) >= 11 is 0.